The Bertz CT molecular complexity index is 490. The molecule has 21 heavy (non-hydrogen) atoms. The van der Waals surface area contributed by atoms with E-state index in [9.17, 15) is 9.59 Å². The topological polar surface area (TPSA) is 69.6 Å². The predicted octanol–water partition coefficient (Wildman–Crippen LogP) is 2.12. The van der Waals surface area contributed by atoms with Crippen molar-refractivity contribution in [2.45, 2.75) is 31.7 Å². The second kappa shape index (κ2) is 7.11. The van der Waals surface area contributed by atoms with Crippen molar-refractivity contribution in [1.29, 1.82) is 0 Å². The van der Waals surface area contributed by atoms with E-state index >= 15 is 0 Å². The number of carboxylic acid groups (broad SMARTS) is 1. The van der Waals surface area contributed by atoms with Gasteiger partial charge < -0.3 is 15.3 Å². The van der Waals surface area contributed by atoms with Gasteiger partial charge in [-0.15, -0.1) is 0 Å². The Morgan fingerprint density at radius 1 is 1.29 bits per heavy atom. The molecule has 1 aromatic carbocycles. The summed E-state index contributed by atoms with van der Waals surface area (Å²) in [5.41, 5.74) is 1.20. The summed E-state index contributed by atoms with van der Waals surface area (Å²) in [6, 6.07) is 9.89. The molecule has 2 atom stereocenters. The van der Waals surface area contributed by atoms with E-state index in [0.29, 0.717) is 19.4 Å². The fourth-order valence-corrected chi connectivity index (χ4v) is 2.66. The van der Waals surface area contributed by atoms with E-state index in [1.165, 1.54) is 5.56 Å². The van der Waals surface area contributed by atoms with Crippen LogP contribution in [0.15, 0.2) is 30.3 Å². The van der Waals surface area contributed by atoms with Crippen LogP contribution < -0.4 is 5.32 Å². The fraction of sp³-hybridized carbons (Fsp3) is 0.500. The van der Waals surface area contributed by atoms with Crippen molar-refractivity contribution in [3.8, 4) is 0 Å². The molecule has 1 aliphatic carbocycles. The third-order valence-corrected chi connectivity index (χ3v) is 4.03. The second-order valence-electron chi connectivity index (χ2n) is 5.65. The van der Waals surface area contributed by atoms with E-state index in [1.54, 1.807) is 11.9 Å². The van der Waals surface area contributed by atoms with Gasteiger partial charge in [0, 0.05) is 19.6 Å². The number of likely N-dealkylation sites (N-methyl/N-ethyl adjacent to an activating group) is 1. The van der Waals surface area contributed by atoms with Crippen molar-refractivity contribution in [2.75, 3.05) is 13.6 Å². The second-order valence-corrected chi connectivity index (χ2v) is 5.65. The molecule has 1 aliphatic rings. The van der Waals surface area contributed by atoms with E-state index < -0.39 is 5.97 Å². The summed E-state index contributed by atoms with van der Waals surface area (Å²) in [7, 11) is 1.77. The molecule has 0 spiro atoms. The summed E-state index contributed by atoms with van der Waals surface area (Å²) in [6.07, 6.45) is 2.74. The third kappa shape index (κ3) is 4.48. The van der Waals surface area contributed by atoms with Gasteiger partial charge >= 0.3 is 12.0 Å². The average Bonchev–Trinajstić information content (AvgIpc) is 2.94. The molecule has 1 fully saturated rings. The van der Waals surface area contributed by atoms with Crippen molar-refractivity contribution < 1.29 is 14.7 Å². The highest BCUT2D eigenvalue weighted by Gasteiger charge is 2.30. The minimum atomic E-state index is -0.760. The van der Waals surface area contributed by atoms with Gasteiger partial charge in [0.25, 0.3) is 0 Å². The molecule has 0 unspecified atom stereocenters. The molecule has 0 bridgehead atoms. The standard InChI is InChI=1S/C16H22N2O3/c1-18(10-9-12-5-3-2-4-6-12)16(21)17-14-8-7-13(11-14)15(19)20/h2-6,13-14H,7-11H2,1H3,(H,17,21)(H,19,20)/t13-,14+/m1/s1. The molecule has 0 radical (unpaired) electrons. The Morgan fingerprint density at radius 2 is 2.00 bits per heavy atom. The molecule has 2 rings (SSSR count). The Labute approximate surface area is 125 Å². The summed E-state index contributed by atoms with van der Waals surface area (Å²) in [5.74, 6) is -1.07. The lowest BCUT2D eigenvalue weighted by molar-refractivity contribution is -0.141. The molecule has 1 aromatic rings. The highest BCUT2D eigenvalue weighted by molar-refractivity contribution is 5.75. The van der Waals surface area contributed by atoms with E-state index in [2.05, 4.69) is 5.32 Å². The van der Waals surface area contributed by atoms with Crippen molar-refractivity contribution in [2.24, 2.45) is 5.92 Å². The predicted molar refractivity (Wildman–Crippen MR) is 80.1 cm³/mol. The van der Waals surface area contributed by atoms with Crippen LogP contribution in [0.3, 0.4) is 0 Å². The maximum absolute atomic E-state index is 12.1. The number of carbonyl (C=O) groups is 2. The number of benzene rings is 1. The lowest BCUT2D eigenvalue weighted by atomic mass is 10.1. The van der Waals surface area contributed by atoms with Crippen LogP contribution in [-0.4, -0.2) is 41.6 Å². The van der Waals surface area contributed by atoms with Gasteiger partial charge in [0.15, 0.2) is 0 Å². The lowest BCUT2D eigenvalue weighted by Crippen LogP contribution is -2.43. The number of hydrogen-bond acceptors (Lipinski definition) is 2. The van der Waals surface area contributed by atoms with E-state index in [0.717, 1.165) is 12.8 Å². The first-order valence-electron chi connectivity index (χ1n) is 7.34. The summed E-state index contributed by atoms with van der Waals surface area (Å²) < 4.78 is 0. The van der Waals surface area contributed by atoms with E-state index in [4.69, 9.17) is 5.11 Å². The number of carboxylic acids is 1. The van der Waals surface area contributed by atoms with Gasteiger partial charge in [0.1, 0.15) is 0 Å². The van der Waals surface area contributed by atoms with Crippen LogP contribution in [0.4, 0.5) is 4.79 Å². The number of nitrogens with one attached hydrogen (secondary N) is 1. The van der Waals surface area contributed by atoms with Crippen LogP contribution in [-0.2, 0) is 11.2 Å². The molecule has 114 valence electrons. The minimum Gasteiger partial charge on any atom is -0.481 e. The molecule has 0 heterocycles. The minimum absolute atomic E-state index is 0.0159. The Morgan fingerprint density at radius 3 is 2.62 bits per heavy atom. The van der Waals surface area contributed by atoms with Crippen molar-refractivity contribution >= 4 is 12.0 Å². The van der Waals surface area contributed by atoms with Crippen LogP contribution in [0.2, 0.25) is 0 Å². The number of nitrogens with zero attached hydrogens (tertiary/aromatic N) is 1. The van der Waals surface area contributed by atoms with Gasteiger partial charge in [-0.05, 0) is 31.2 Å². The molecular weight excluding hydrogens is 268 g/mol. The fourth-order valence-electron chi connectivity index (χ4n) is 2.66. The van der Waals surface area contributed by atoms with E-state index in [1.807, 2.05) is 30.3 Å². The summed E-state index contributed by atoms with van der Waals surface area (Å²) in [4.78, 5) is 24.6. The van der Waals surface area contributed by atoms with Crippen molar-refractivity contribution in [3.63, 3.8) is 0 Å². The van der Waals surface area contributed by atoms with Gasteiger partial charge in [-0.2, -0.15) is 0 Å². The monoisotopic (exact) mass is 290 g/mol. The molecule has 0 aliphatic heterocycles. The zero-order valence-corrected chi connectivity index (χ0v) is 12.3. The summed E-state index contributed by atoms with van der Waals surface area (Å²) >= 11 is 0. The first-order chi connectivity index (χ1) is 10.1. The number of carbonyl (C=O) groups excluding carboxylic acids is 1. The van der Waals surface area contributed by atoms with Crippen LogP contribution in [0.25, 0.3) is 0 Å². The molecular formula is C16H22N2O3. The number of amides is 2. The van der Waals surface area contributed by atoms with Gasteiger partial charge in [0.2, 0.25) is 0 Å². The highest BCUT2D eigenvalue weighted by atomic mass is 16.4. The third-order valence-electron chi connectivity index (χ3n) is 4.03. The first kappa shape index (κ1) is 15.4. The lowest BCUT2D eigenvalue weighted by Gasteiger charge is -2.21. The number of aliphatic carboxylic acids is 1. The Balaban J connectivity index is 1.74. The van der Waals surface area contributed by atoms with Crippen molar-refractivity contribution in [1.82, 2.24) is 10.2 Å². The Kier molecular flexibility index (Phi) is 5.20. The van der Waals surface area contributed by atoms with Gasteiger partial charge in [0.05, 0.1) is 5.92 Å². The summed E-state index contributed by atoms with van der Waals surface area (Å²) in [6.45, 7) is 0.644. The summed E-state index contributed by atoms with van der Waals surface area (Å²) in [5, 5.41) is 11.9. The molecule has 5 nitrogen and oxygen atoms in total. The quantitative estimate of drug-likeness (QED) is 0.872. The number of rotatable bonds is 5. The molecule has 1 saturated carbocycles. The first-order valence-corrected chi connectivity index (χ1v) is 7.34. The van der Waals surface area contributed by atoms with Gasteiger partial charge in [-0.3, -0.25) is 4.79 Å². The molecule has 2 amide bonds. The van der Waals surface area contributed by atoms with Gasteiger partial charge in [-0.25, -0.2) is 4.79 Å². The number of hydrogen-bond donors (Lipinski definition) is 2. The maximum atomic E-state index is 12.1. The largest absolute Gasteiger partial charge is 0.481 e. The zero-order chi connectivity index (χ0) is 15.2. The Hall–Kier alpha value is -2.04. The average molecular weight is 290 g/mol. The zero-order valence-electron chi connectivity index (χ0n) is 12.3. The molecule has 0 saturated heterocycles. The van der Waals surface area contributed by atoms with Crippen LogP contribution in [0.1, 0.15) is 24.8 Å². The normalized spacial score (nSPS) is 21.0. The smallest absolute Gasteiger partial charge is 0.317 e. The van der Waals surface area contributed by atoms with Crippen LogP contribution >= 0.6 is 0 Å². The SMILES string of the molecule is CN(CCc1ccccc1)C(=O)N[C@H]1CC[C@@H](C(=O)O)C1. The van der Waals surface area contributed by atoms with Crippen molar-refractivity contribution in [3.05, 3.63) is 35.9 Å². The molecule has 5 heteroatoms. The van der Waals surface area contributed by atoms with Gasteiger partial charge in [-0.1, -0.05) is 30.3 Å². The molecule has 0 aromatic heterocycles. The maximum Gasteiger partial charge on any atom is 0.317 e. The number of urea groups is 1. The van der Waals surface area contributed by atoms with Crippen LogP contribution in [0.5, 0.6) is 0 Å². The highest BCUT2D eigenvalue weighted by Crippen LogP contribution is 2.25. The van der Waals surface area contributed by atoms with Crippen LogP contribution in [0, 0.1) is 5.92 Å². The molecule has 2 N–H and O–H groups in total. The van der Waals surface area contributed by atoms with E-state index in [-0.39, 0.29) is 18.0 Å².